The van der Waals surface area contributed by atoms with Crippen LogP contribution in [0.3, 0.4) is 0 Å². The van der Waals surface area contributed by atoms with Gasteiger partial charge < -0.3 is 30.3 Å². The summed E-state index contributed by atoms with van der Waals surface area (Å²) in [5.41, 5.74) is 1.73. The van der Waals surface area contributed by atoms with Crippen LogP contribution in [0.1, 0.15) is 28.8 Å². The lowest BCUT2D eigenvalue weighted by Gasteiger charge is -2.34. The number of nitrogens with zero attached hydrogens (tertiary/aromatic N) is 2. The number of carbonyl (C=O) groups excluding carboxylic acids is 3. The fourth-order valence-corrected chi connectivity index (χ4v) is 3.39. The number of hydrogen-bond acceptors (Lipinski definition) is 5. The van der Waals surface area contributed by atoms with E-state index in [1.807, 2.05) is 30.3 Å². The Labute approximate surface area is 197 Å². The second kappa shape index (κ2) is 12.2. The lowest BCUT2D eigenvalue weighted by Crippen LogP contribution is -2.51. The van der Waals surface area contributed by atoms with Crippen LogP contribution in [-0.4, -0.2) is 71.6 Å². The molecule has 4 amide bonds. The van der Waals surface area contributed by atoms with Gasteiger partial charge >= 0.3 is 18.1 Å². The maximum Gasteiger partial charge on any atom is 0.410 e. The van der Waals surface area contributed by atoms with Gasteiger partial charge in [-0.05, 0) is 30.2 Å². The van der Waals surface area contributed by atoms with Gasteiger partial charge in [-0.2, -0.15) is 0 Å². The number of benzene rings is 2. The van der Waals surface area contributed by atoms with E-state index in [1.54, 1.807) is 34.1 Å². The third-order valence-electron chi connectivity index (χ3n) is 5.26. The summed E-state index contributed by atoms with van der Waals surface area (Å²) in [5, 5.41) is 14.1. The van der Waals surface area contributed by atoms with E-state index < -0.39 is 12.1 Å². The quantitative estimate of drug-likeness (QED) is 0.511. The second-order valence-electron chi connectivity index (χ2n) is 7.78. The predicted octanol–water partition coefficient (Wildman–Crippen LogP) is 2.77. The molecule has 2 aromatic rings. The van der Waals surface area contributed by atoms with Crippen LogP contribution in [0, 0.1) is 0 Å². The molecule has 0 atom stereocenters. The van der Waals surface area contributed by atoms with Crippen LogP contribution in [0.5, 0.6) is 0 Å². The zero-order valence-electron chi connectivity index (χ0n) is 18.7. The molecule has 0 bridgehead atoms. The van der Waals surface area contributed by atoms with Gasteiger partial charge in [0.25, 0.3) is 5.91 Å². The Balaban J connectivity index is 1.43. The summed E-state index contributed by atoms with van der Waals surface area (Å²) in [6.07, 6.45) is -0.0940. The molecule has 3 rings (SSSR count). The van der Waals surface area contributed by atoms with Crippen LogP contribution in [0.2, 0.25) is 0 Å². The molecule has 1 aliphatic heterocycles. The van der Waals surface area contributed by atoms with E-state index in [-0.39, 0.29) is 31.5 Å². The van der Waals surface area contributed by atoms with Gasteiger partial charge in [-0.3, -0.25) is 9.59 Å². The van der Waals surface area contributed by atoms with Crippen molar-refractivity contribution in [2.45, 2.75) is 19.4 Å². The van der Waals surface area contributed by atoms with Gasteiger partial charge in [-0.1, -0.05) is 36.4 Å². The van der Waals surface area contributed by atoms with E-state index in [2.05, 4.69) is 10.6 Å². The van der Waals surface area contributed by atoms with Crippen LogP contribution >= 0.6 is 0 Å². The zero-order chi connectivity index (χ0) is 24.3. The number of hydrogen-bond donors (Lipinski definition) is 3. The van der Waals surface area contributed by atoms with Crippen LogP contribution in [0.25, 0.3) is 0 Å². The number of nitrogens with one attached hydrogen (secondary N) is 2. The van der Waals surface area contributed by atoms with Gasteiger partial charge in [0.1, 0.15) is 6.61 Å². The summed E-state index contributed by atoms with van der Waals surface area (Å²) in [4.78, 5) is 50.9. The topological polar surface area (TPSA) is 128 Å². The molecule has 1 heterocycles. The number of urea groups is 1. The highest BCUT2D eigenvalue weighted by atomic mass is 16.6. The Morgan fingerprint density at radius 3 is 2.32 bits per heavy atom. The molecule has 0 spiro atoms. The molecule has 10 heteroatoms. The van der Waals surface area contributed by atoms with Crippen LogP contribution in [0.4, 0.5) is 15.3 Å². The van der Waals surface area contributed by atoms with E-state index in [9.17, 15) is 19.2 Å². The number of carboxylic acid groups (broad SMARTS) is 1. The Morgan fingerprint density at radius 2 is 1.62 bits per heavy atom. The van der Waals surface area contributed by atoms with Crippen molar-refractivity contribution in [2.75, 3.05) is 38.0 Å². The Hall–Kier alpha value is -4.08. The minimum atomic E-state index is -0.913. The molecule has 2 aromatic carbocycles. The van der Waals surface area contributed by atoms with Gasteiger partial charge in [0.15, 0.2) is 0 Å². The monoisotopic (exact) mass is 468 g/mol. The smallest absolute Gasteiger partial charge is 0.410 e. The molecule has 0 aromatic heterocycles. The first-order chi connectivity index (χ1) is 16.4. The van der Waals surface area contributed by atoms with E-state index in [0.29, 0.717) is 43.9 Å². The first kappa shape index (κ1) is 24.6. The predicted molar refractivity (Wildman–Crippen MR) is 124 cm³/mol. The van der Waals surface area contributed by atoms with Crippen molar-refractivity contribution in [1.82, 2.24) is 15.1 Å². The molecule has 0 aliphatic carbocycles. The lowest BCUT2D eigenvalue weighted by atomic mass is 10.2. The van der Waals surface area contributed by atoms with Crippen LogP contribution in [0.15, 0.2) is 54.6 Å². The number of ether oxygens (including phenoxy) is 1. The first-order valence-electron chi connectivity index (χ1n) is 11.0. The van der Waals surface area contributed by atoms with Crippen molar-refractivity contribution in [2.24, 2.45) is 0 Å². The molecular weight excluding hydrogens is 440 g/mol. The van der Waals surface area contributed by atoms with Crippen molar-refractivity contribution < 1.29 is 29.0 Å². The number of anilines is 1. The van der Waals surface area contributed by atoms with Crippen molar-refractivity contribution >= 4 is 29.7 Å². The molecule has 1 saturated heterocycles. The third kappa shape index (κ3) is 7.51. The van der Waals surface area contributed by atoms with Crippen molar-refractivity contribution in [3.63, 3.8) is 0 Å². The zero-order valence-corrected chi connectivity index (χ0v) is 18.7. The van der Waals surface area contributed by atoms with Gasteiger partial charge in [-0.25, -0.2) is 9.59 Å². The summed E-state index contributed by atoms with van der Waals surface area (Å²) in [7, 11) is 0. The van der Waals surface area contributed by atoms with E-state index >= 15 is 0 Å². The average molecular weight is 469 g/mol. The maximum atomic E-state index is 12.6. The highest BCUT2D eigenvalue weighted by Gasteiger charge is 2.25. The van der Waals surface area contributed by atoms with Crippen molar-refractivity contribution in [3.8, 4) is 0 Å². The highest BCUT2D eigenvalue weighted by molar-refractivity contribution is 5.97. The van der Waals surface area contributed by atoms with Crippen LogP contribution < -0.4 is 10.6 Å². The maximum absolute atomic E-state index is 12.6. The minimum absolute atomic E-state index is 0.0195. The largest absolute Gasteiger partial charge is 0.481 e. The molecule has 34 heavy (non-hydrogen) atoms. The molecule has 10 nitrogen and oxygen atoms in total. The molecular formula is C24H28N4O6. The van der Waals surface area contributed by atoms with Crippen molar-refractivity contribution in [3.05, 3.63) is 65.7 Å². The summed E-state index contributed by atoms with van der Waals surface area (Å²) in [6.45, 7) is 1.88. The Bertz CT molecular complexity index is 1010. The molecule has 0 radical (unpaired) electrons. The third-order valence-corrected chi connectivity index (χ3v) is 5.26. The average Bonchev–Trinajstić information content (AvgIpc) is 2.85. The van der Waals surface area contributed by atoms with E-state index in [4.69, 9.17) is 9.84 Å². The van der Waals surface area contributed by atoms with Crippen molar-refractivity contribution in [1.29, 1.82) is 0 Å². The van der Waals surface area contributed by atoms with Gasteiger partial charge in [-0.15, -0.1) is 0 Å². The number of amides is 4. The number of rotatable bonds is 8. The van der Waals surface area contributed by atoms with Crippen LogP contribution in [-0.2, 0) is 16.1 Å². The molecule has 0 unspecified atom stereocenters. The number of piperazine rings is 1. The number of aliphatic carboxylic acids is 1. The Kier molecular flexibility index (Phi) is 8.84. The van der Waals surface area contributed by atoms with Gasteiger partial charge in [0.05, 0.1) is 0 Å². The number of carboxylic acids is 1. The molecule has 3 N–H and O–H groups in total. The minimum Gasteiger partial charge on any atom is -0.481 e. The fraction of sp³-hybridized carbons (Fsp3) is 0.333. The molecule has 1 aliphatic rings. The van der Waals surface area contributed by atoms with E-state index in [0.717, 1.165) is 5.56 Å². The summed E-state index contributed by atoms with van der Waals surface area (Å²) in [5.74, 6) is -1.26. The molecule has 0 saturated carbocycles. The molecule has 1 fully saturated rings. The SMILES string of the molecule is O=C(O)CCCNC(=O)c1cccc(NC(=O)N2CCN(C(=O)OCc3ccccc3)CC2)c1. The summed E-state index contributed by atoms with van der Waals surface area (Å²) in [6, 6.07) is 15.6. The Morgan fingerprint density at radius 1 is 0.912 bits per heavy atom. The highest BCUT2D eigenvalue weighted by Crippen LogP contribution is 2.13. The second-order valence-corrected chi connectivity index (χ2v) is 7.78. The number of carbonyl (C=O) groups is 4. The lowest BCUT2D eigenvalue weighted by molar-refractivity contribution is -0.137. The summed E-state index contributed by atoms with van der Waals surface area (Å²) >= 11 is 0. The van der Waals surface area contributed by atoms with Gasteiger partial charge in [0, 0.05) is 50.4 Å². The first-order valence-corrected chi connectivity index (χ1v) is 11.0. The fourth-order valence-electron chi connectivity index (χ4n) is 3.39. The van der Waals surface area contributed by atoms with E-state index in [1.165, 1.54) is 0 Å². The normalized spacial score (nSPS) is 13.2. The summed E-state index contributed by atoms with van der Waals surface area (Å²) < 4.78 is 5.34. The molecule has 180 valence electrons. The standard InChI is InChI=1S/C24H28N4O6/c29-21(30)10-5-11-25-22(31)19-8-4-9-20(16-19)26-23(32)27-12-14-28(15-13-27)24(33)34-17-18-6-2-1-3-7-18/h1-4,6-9,16H,5,10-15,17H2,(H,25,31)(H,26,32)(H,29,30). The van der Waals surface area contributed by atoms with Gasteiger partial charge in [0.2, 0.25) is 0 Å².